The molecule has 7 heteroatoms. The van der Waals surface area contributed by atoms with Crippen molar-refractivity contribution in [3.63, 3.8) is 0 Å². The molecule has 5 nitrogen and oxygen atoms in total. The van der Waals surface area contributed by atoms with Gasteiger partial charge in [-0.05, 0) is 32.1 Å². The summed E-state index contributed by atoms with van der Waals surface area (Å²) in [4.78, 5) is 0.184. The smallest absolute Gasteiger partial charge is 0.262 e. The Labute approximate surface area is 179 Å². The van der Waals surface area contributed by atoms with Crippen LogP contribution in [0.3, 0.4) is 0 Å². The Hall–Kier alpha value is -2.86. The molecule has 0 spiro atoms. The molecule has 0 aliphatic heterocycles. The lowest BCUT2D eigenvalue weighted by Gasteiger charge is -2.18. The van der Waals surface area contributed by atoms with Crippen molar-refractivity contribution < 1.29 is 12.9 Å². The van der Waals surface area contributed by atoms with Gasteiger partial charge in [0.2, 0.25) is 0 Å². The molecule has 0 atom stereocenters. The first kappa shape index (κ1) is 21.8. The molecule has 1 heterocycles. The van der Waals surface area contributed by atoms with Crippen LogP contribution in [0.15, 0.2) is 75.8 Å². The first-order chi connectivity index (χ1) is 14.1. The van der Waals surface area contributed by atoms with E-state index in [2.05, 4.69) is 35.3 Å². The summed E-state index contributed by atoms with van der Waals surface area (Å²) in [6.45, 7) is 10.3. The molecule has 30 heavy (non-hydrogen) atoms. The van der Waals surface area contributed by atoms with Crippen LogP contribution in [-0.2, 0) is 10.0 Å². The van der Waals surface area contributed by atoms with Gasteiger partial charge in [-0.25, -0.2) is 8.42 Å². The summed E-state index contributed by atoms with van der Waals surface area (Å²) in [5.41, 5.74) is 5.81. The van der Waals surface area contributed by atoms with E-state index in [1.54, 1.807) is 24.3 Å². The molecule has 1 N–H and O–H groups in total. The van der Waals surface area contributed by atoms with Crippen molar-refractivity contribution in [2.24, 2.45) is 0 Å². The van der Waals surface area contributed by atoms with E-state index >= 15 is 0 Å². The molecule has 2 aromatic carbocycles. The second kappa shape index (κ2) is 8.48. The number of nitrogens with one attached hydrogen (secondary N) is 1. The van der Waals surface area contributed by atoms with Gasteiger partial charge in [-0.1, -0.05) is 72.8 Å². The quantitative estimate of drug-likeness (QED) is 0.385. The fraction of sp³-hybridized carbons (Fsp3) is 0.217. The van der Waals surface area contributed by atoms with Crippen LogP contribution in [0.2, 0.25) is 19.6 Å². The Bertz CT molecular complexity index is 1200. The number of allylic oxidation sites excluding steroid dienone is 1. The van der Waals surface area contributed by atoms with Gasteiger partial charge >= 0.3 is 0 Å². The largest absolute Gasteiger partial charge is 0.353 e. The molecule has 0 aliphatic carbocycles. The Morgan fingerprint density at radius 1 is 1.07 bits per heavy atom. The highest BCUT2D eigenvalue weighted by molar-refractivity contribution is 7.92. The zero-order valence-electron chi connectivity index (χ0n) is 17.9. The summed E-state index contributed by atoms with van der Waals surface area (Å²) in [6, 6.07) is 16.1. The Kier molecular flexibility index (Phi) is 6.17. The van der Waals surface area contributed by atoms with Crippen LogP contribution < -0.4 is 4.72 Å². The monoisotopic (exact) mass is 438 g/mol. The lowest BCUT2D eigenvalue weighted by atomic mass is 10.1. The average molecular weight is 439 g/mol. The topological polar surface area (TPSA) is 72.2 Å². The zero-order chi connectivity index (χ0) is 21.9. The first-order valence-corrected chi connectivity index (χ1v) is 14.7. The molecular formula is C23H26N2O3SSi. The minimum absolute atomic E-state index is 0.184. The SMILES string of the molecule is CC=C=C(c1onc(-c2ccccc2)c1NS(=O)(=O)c1ccc(C)cc1)[Si](C)(C)C. The molecule has 0 radical (unpaired) electrons. The number of sulfonamides is 1. The fourth-order valence-electron chi connectivity index (χ4n) is 3.03. The van der Waals surface area contributed by atoms with Gasteiger partial charge in [0, 0.05) is 10.8 Å². The molecule has 0 bridgehead atoms. The van der Waals surface area contributed by atoms with Crippen LogP contribution >= 0.6 is 0 Å². The number of hydrogen-bond acceptors (Lipinski definition) is 4. The number of aryl methyl sites for hydroxylation is 1. The molecule has 0 aliphatic rings. The van der Waals surface area contributed by atoms with Gasteiger partial charge in [-0.15, -0.1) is 5.73 Å². The van der Waals surface area contributed by atoms with Crippen LogP contribution in [0.5, 0.6) is 0 Å². The molecule has 156 valence electrons. The third kappa shape index (κ3) is 4.65. The Morgan fingerprint density at radius 3 is 2.27 bits per heavy atom. The van der Waals surface area contributed by atoms with Gasteiger partial charge in [0.1, 0.15) is 11.4 Å². The Morgan fingerprint density at radius 2 is 1.70 bits per heavy atom. The molecule has 0 unspecified atom stereocenters. The van der Waals surface area contributed by atoms with Gasteiger partial charge in [0.15, 0.2) is 5.76 Å². The second-order valence-electron chi connectivity index (χ2n) is 8.08. The van der Waals surface area contributed by atoms with Gasteiger partial charge in [0.25, 0.3) is 10.0 Å². The maximum atomic E-state index is 13.2. The van der Waals surface area contributed by atoms with E-state index in [0.717, 1.165) is 16.3 Å². The van der Waals surface area contributed by atoms with Crippen molar-refractivity contribution >= 4 is 29.0 Å². The van der Waals surface area contributed by atoms with Crippen LogP contribution in [0.1, 0.15) is 18.2 Å². The number of rotatable bonds is 6. The second-order valence-corrected chi connectivity index (χ2v) is 14.8. The van der Waals surface area contributed by atoms with E-state index in [1.807, 2.05) is 50.3 Å². The third-order valence-electron chi connectivity index (χ3n) is 4.57. The predicted octanol–water partition coefficient (Wildman–Crippen LogP) is 5.89. The van der Waals surface area contributed by atoms with E-state index in [9.17, 15) is 8.42 Å². The van der Waals surface area contributed by atoms with Crippen LogP contribution in [0, 0.1) is 6.92 Å². The number of benzene rings is 2. The van der Waals surface area contributed by atoms with E-state index in [4.69, 9.17) is 4.52 Å². The summed E-state index contributed by atoms with van der Waals surface area (Å²) in [7, 11) is -5.76. The van der Waals surface area contributed by atoms with Crippen molar-refractivity contribution in [2.45, 2.75) is 38.4 Å². The van der Waals surface area contributed by atoms with Crippen molar-refractivity contribution in [3.05, 3.63) is 77.7 Å². The zero-order valence-corrected chi connectivity index (χ0v) is 19.7. The number of hydrogen-bond donors (Lipinski definition) is 1. The van der Waals surface area contributed by atoms with Crippen LogP contribution in [0.25, 0.3) is 16.5 Å². The average Bonchev–Trinajstić information content (AvgIpc) is 3.08. The summed E-state index contributed by atoms with van der Waals surface area (Å²) in [6.07, 6.45) is 1.82. The highest BCUT2D eigenvalue weighted by Gasteiger charge is 2.31. The third-order valence-corrected chi connectivity index (χ3v) is 7.81. The fourth-order valence-corrected chi connectivity index (χ4v) is 5.53. The van der Waals surface area contributed by atoms with Crippen LogP contribution in [-0.4, -0.2) is 21.6 Å². The highest BCUT2D eigenvalue weighted by Crippen LogP contribution is 2.38. The van der Waals surface area contributed by atoms with E-state index in [0.29, 0.717) is 17.1 Å². The highest BCUT2D eigenvalue weighted by atomic mass is 32.2. The summed E-state index contributed by atoms with van der Waals surface area (Å²) >= 11 is 0. The van der Waals surface area contributed by atoms with E-state index < -0.39 is 18.1 Å². The number of aromatic nitrogens is 1. The molecule has 0 amide bonds. The van der Waals surface area contributed by atoms with Crippen molar-refractivity contribution in [1.82, 2.24) is 5.16 Å². The standard InChI is InChI=1S/C23H26N2O3SSi/c1-6-10-20(30(3,4)5)23-22(21(24-28-23)18-11-8-7-9-12-18)25-29(26,27)19-15-13-17(2)14-16-19/h6-9,11-16,25H,1-5H3. The van der Waals surface area contributed by atoms with E-state index in [-0.39, 0.29) is 4.90 Å². The van der Waals surface area contributed by atoms with Crippen molar-refractivity contribution in [2.75, 3.05) is 4.72 Å². The summed E-state index contributed by atoms with van der Waals surface area (Å²) in [5, 5.41) is 5.10. The minimum Gasteiger partial charge on any atom is -0.353 e. The molecule has 0 fully saturated rings. The van der Waals surface area contributed by atoms with Gasteiger partial charge in [0.05, 0.1) is 13.0 Å². The normalized spacial score (nSPS) is 11.6. The number of nitrogens with zero attached hydrogens (tertiary/aromatic N) is 1. The van der Waals surface area contributed by atoms with Crippen molar-refractivity contribution in [3.8, 4) is 11.3 Å². The van der Waals surface area contributed by atoms with Crippen LogP contribution in [0.4, 0.5) is 5.69 Å². The minimum atomic E-state index is -3.83. The van der Waals surface area contributed by atoms with Crippen molar-refractivity contribution in [1.29, 1.82) is 0 Å². The summed E-state index contributed by atoms with van der Waals surface area (Å²) < 4.78 is 34.8. The number of anilines is 1. The molecule has 1 aromatic heterocycles. The predicted molar refractivity (Wildman–Crippen MR) is 124 cm³/mol. The molecule has 0 saturated carbocycles. The maximum absolute atomic E-state index is 13.2. The Balaban J connectivity index is 2.21. The molecule has 0 saturated heterocycles. The lowest BCUT2D eigenvalue weighted by molar-refractivity contribution is 0.414. The van der Waals surface area contributed by atoms with Gasteiger partial charge in [-0.3, -0.25) is 4.72 Å². The van der Waals surface area contributed by atoms with Gasteiger partial charge < -0.3 is 4.52 Å². The summed E-state index contributed by atoms with van der Waals surface area (Å²) in [5.74, 6) is 0.418. The maximum Gasteiger partial charge on any atom is 0.262 e. The molecule has 3 rings (SSSR count). The molecular weight excluding hydrogens is 412 g/mol. The lowest BCUT2D eigenvalue weighted by Crippen LogP contribution is -2.23. The first-order valence-electron chi connectivity index (χ1n) is 9.70. The molecule has 3 aromatic rings. The van der Waals surface area contributed by atoms with E-state index in [1.165, 1.54) is 0 Å². The van der Waals surface area contributed by atoms with Gasteiger partial charge in [-0.2, -0.15) is 0 Å².